The number of alkyl halides is 3. The van der Waals surface area contributed by atoms with Gasteiger partial charge in [0.25, 0.3) is 5.91 Å². The Bertz CT molecular complexity index is 930. The van der Waals surface area contributed by atoms with Crippen LogP contribution in [-0.2, 0) is 12.6 Å². The van der Waals surface area contributed by atoms with Gasteiger partial charge in [-0.2, -0.15) is 13.2 Å². The Labute approximate surface area is 188 Å². The van der Waals surface area contributed by atoms with Crippen LogP contribution < -0.4 is 4.74 Å². The molecule has 1 saturated heterocycles. The molecular formula is C25H31F3N2O2. The first-order chi connectivity index (χ1) is 15.2. The van der Waals surface area contributed by atoms with Crippen molar-refractivity contribution in [3.63, 3.8) is 0 Å². The number of benzene rings is 2. The fourth-order valence-electron chi connectivity index (χ4n) is 4.34. The Hall–Kier alpha value is -2.54. The van der Waals surface area contributed by atoms with E-state index in [1.54, 1.807) is 24.1 Å². The monoisotopic (exact) mass is 448 g/mol. The number of nitrogens with zero attached hydrogens (tertiary/aromatic N) is 2. The SMILES string of the molecule is COc1cc(C(=O)N(C)C[C@H]2CCCN(CCc3cccc(C(F)(F)F)c3)C2)ccc1C. The molecule has 0 saturated carbocycles. The number of aryl methyl sites for hydroxylation is 1. The minimum atomic E-state index is -4.31. The lowest BCUT2D eigenvalue weighted by Crippen LogP contribution is -2.42. The minimum absolute atomic E-state index is 0.0376. The number of amides is 1. The van der Waals surface area contributed by atoms with Gasteiger partial charge in [0.05, 0.1) is 12.7 Å². The molecule has 4 nitrogen and oxygen atoms in total. The van der Waals surface area contributed by atoms with Crippen LogP contribution in [0.2, 0.25) is 0 Å². The van der Waals surface area contributed by atoms with E-state index in [0.29, 0.717) is 42.3 Å². The van der Waals surface area contributed by atoms with Gasteiger partial charge in [-0.15, -0.1) is 0 Å². The molecule has 0 N–H and O–H groups in total. The van der Waals surface area contributed by atoms with Gasteiger partial charge in [-0.1, -0.05) is 24.3 Å². The summed E-state index contributed by atoms with van der Waals surface area (Å²) in [7, 11) is 3.41. The van der Waals surface area contributed by atoms with Crippen molar-refractivity contribution >= 4 is 5.91 Å². The Morgan fingerprint density at radius 1 is 1.22 bits per heavy atom. The summed E-state index contributed by atoms with van der Waals surface area (Å²) in [6.45, 7) is 5.07. The number of carbonyl (C=O) groups is 1. The van der Waals surface area contributed by atoms with Crippen molar-refractivity contribution in [1.29, 1.82) is 0 Å². The molecule has 1 amide bonds. The van der Waals surface area contributed by atoms with Gasteiger partial charge in [-0.25, -0.2) is 0 Å². The molecule has 2 aromatic rings. The first-order valence-electron chi connectivity index (χ1n) is 11.0. The van der Waals surface area contributed by atoms with Crippen LogP contribution >= 0.6 is 0 Å². The van der Waals surface area contributed by atoms with Gasteiger partial charge in [0.1, 0.15) is 5.75 Å². The highest BCUT2D eigenvalue weighted by Crippen LogP contribution is 2.30. The van der Waals surface area contributed by atoms with E-state index in [1.807, 2.05) is 26.1 Å². The van der Waals surface area contributed by atoms with Gasteiger partial charge < -0.3 is 14.5 Å². The molecule has 0 aliphatic carbocycles. The Morgan fingerprint density at radius 2 is 2.00 bits per heavy atom. The molecule has 0 spiro atoms. The summed E-state index contributed by atoms with van der Waals surface area (Å²) < 4.78 is 44.1. The zero-order valence-corrected chi connectivity index (χ0v) is 18.9. The molecule has 1 aliphatic heterocycles. The van der Waals surface area contributed by atoms with Crippen molar-refractivity contribution in [2.75, 3.05) is 40.3 Å². The molecule has 0 unspecified atom stereocenters. The highest BCUT2D eigenvalue weighted by atomic mass is 19.4. The highest BCUT2D eigenvalue weighted by molar-refractivity contribution is 5.94. The Morgan fingerprint density at radius 3 is 2.72 bits per heavy atom. The van der Waals surface area contributed by atoms with Gasteiger partial charge in [-0.05, 0) is 68.0 Å². The number of hydrogen-bond acceptors (Lipinski definition) is 3. The molecule has 2 aromatic carbocycles. The van der Waals surface area contributed by atoms with E-state index in [1.165, 1.54) is 12.1 Å². The minimum Gasteiger partial charge on any atom is -0.496 e. The predicted octanol–water partition coefficient (Wildman–Crippen LogP) is 5.05. The predicted molar refractivity (Wildman–Crippen MR) is 119 cm³/mol. The average Bonchev–Trinajstić information content (AvgIpc) is 2.77. The van der Waals surface area contributed by atoms with Gasteiger partial charge in [-0.3, -0.25) is 4.79 Å². The highest BCUT2D eigenvalue weighted by Gasteiger charge is 2.30. The normalized spacial score (nSPS) is 17.2. The van der Waals surface area contributed by atoms with E-state index >= 15 is 0 Å². The summed E-state index contributed by atoms with van der Waals surface area (Å²) in [6, 6.07) is 11.0. The average molecular weight is 449 g/mol. The molecule has 1 aliphatic rings. The fraction of sp³-hybridized carbons (Fsp3) is 0.480. The summed E-state index contributed by atoms with van der Waals surface area (Å²) in [5.41, 5.74) is 1.68. The van der Waals surface area contributed by atoms with Crippen LogP contribution in [-0.4, -0.2) is 56.0 Å². The molecule has 3 rings (SSSR count). The Kier molecular flexibility index (Phi) is 7.82. The lowest BCUT2D eigenvalue weighted by molar-refractivity contribution is -0.137. The number of carbonyl (C=O) groups excluding carboxylic acids is 1. The second kappa shape index (κ2) is 10.4. The zero-order valence-electron chi connectivity index (χ0n) is 18.9. The topological polar surface area (TPSA) is 32.8 Å². The first-order valence-corrected chi connectivity index (χ1v) is 11.0. The number of rotatable bonds is 7. The standard InChI is InChI=1S/C25H31F3N2O2/c1-18-9-10-21(15-23(18)32-3)24(31)29(2)16-20-7-5-12-30(17-20)13-11-19-6-4-8-22(14-19)25(26,27)28/h4,6,8-10,14-15,20H,5,7,11-13,16-17H2,1-3H3/t20-/m1/s1. The number of ether oxygens (including phenoxy) is 1. The molecular weight excluding hydrogens is 417 g/mol. The number of methoxy groups -OCH3 is 1. The molecule has 0 bridgehead atoms. The molecule has 1 heterocycles. The summed E-state index contributed by atoms with van der Waals surface area (Å²) in [6.07, 6.45) is -1.68. The van der Waals surface area contributed by atoms with Crippen molar-refractivity contribution in [3.8, 4) is 5.75 Å². The third-order valence-corrected chi connectivity index (χ3v) is 6.11. The lowest BCUT2D eigenvalue weighted by Gasteiger charge is -2.34. The maximum absolute atomic E-state index is 12.9. The van der Waals surface area contributed by atoms with Crippen molar-refractivity contribution in [2.45, 2.75) is 32.4 Å². The van der Waals surface area contributed by atoms with Crippen LogP contribution in [0.25, 0.3) is 0 Å². The third-order valence-electron chi connectivity index (χ3n) is 6.11. The van der Waals surface area contributed by atoms with Gasteiger partial charge >= 0.3 is 6.18 Å². The first kappa shape index (κ1) is 24.1. The molecule has 1 fully saturated rings. The van der Waals surface area contributed by atoms with Crippen molar-refractivity contribution in [3.05, 3.63) is 64.7 Å². The smallest absolute Gasteiger partial charge is 0.416 e. The van der Waals surface area contributed by atoms with Crippen LogP contribution in [0.1, 0.15) is 39.9 Å². The van der Waals surface area contributed by atoms with Crippen molar-refractivity contribution < 1.29 is 22.7 Å². The number of hydrogen-bond donors (Lipinski definition) is 0. The molecule has 174 valence electrons. The second-order valence-electron chi connectivity index (χ2n) is 8.63. The third kappa shape index (κ3) is 6.25. The number of piperidine rings is 1. The van der Waals surface area contributed by atoms with E-state index in [4.69, 9.17) is 4.74 Å². The largest absolute Gasteiger partial charge is 0.496 e. The number of likely N-dealkylation sites (tertiary alicyclic amines) is 1. The van der Waals surface area contributed by atoms with E-state index in [2.05, 4.69) is 4.90 Å². The van der Waals surface area contributed by atoms with E-state index in [-0.39, 0.29) is 5.91 Å². The quantitative estimate of drug-likeness (QED) is 0.594. The fourth-order valence-corrected chi connectivity index (χ4v) is 4.34. The second-order valence-corrected chi connectivity index (χ2v) is 8.63. The van der Waals surface area contributed by atoms with Crippen molar-refractivity contribution in [1.82, 2.24) is 9.80 Å². The molecule has 32 heavy (non-hydrogen) atoms. The molecule has 0 radical (unpaired) electrons. The maximum Gasteiger partial charge on any atom is 0.416 e. The summed E-state index contributed by atoms with van der Waals surface area (Å²) in [5, 5.41) is 0. The van der Waals surface area contributed by atoms with Crippen LogP contribution in [0.3, 0.4) is 0 Å². The summed E-state index contributed by atoms with van der Waals surface area (Å²) in [4.78, 5) is 16.9. The lowest BCUT2D eigenvalue weighted by atomic mass is 9.96. The van der Waals surface area contributed by atoms with Gasteiger partial charge in [0.15, 0.2) is 0 Å². The van der Waals surface area contributed by atoms with Gasteiger partial charge in [0, 0.05) is 32.2 Å². The van der Waals surface area contributed by atoms with E-state index in [9.17, 15) is 18.0 Å². The summed E-state index contributed by atoms with van der Waals surface area (Å²) in [5.74, 6) is 0.999. The van der Waals surface area contributed by atoms with Crippen molar-refractivity contribution in [2.24, 2.45) is 5.92 Å². The van der Waals surface area contributed by atoms with E-state index < -0.39 is 11.7 Å². The Balaban J connectivity index is 1.54. The van der Waals surface area contributed by atoms with Gasteiger partial charge in [0.2, 0.25) is 0 Å². The van der Waals surface area contributed by atoms with Crippen LogP contribution in [0.4, 0.5) is 13.2 Å². The van der Waals surface area contributed by atoms with Crippen LogP contribution in [0.5, 0.6) is 5.75 Å². The summed E-state index contributed by atoms with van der Waals surface area (Å²) >= 11 is 0. The molecule has 1 atom stereocenters. The molecule has 0 aromatic heterocycles. The number of halogens is 3. The van der Waals surface area contributed by atoms with Crippen LogP contribution in [0.15, 0.2) is 42.5 Å². The van der Waals surface area contributed by atoms with Crippen LogP contribution in [0, 0.1) is 12.8 Å². The maximum atomic E-state index is 12.9. The zero-order chi connectivity index (χ0) is 23.3. The molecule has 7 heteroatoms. The van der Waals surface area contributed by atoms with E-state index in [0.717, 1.165) is 37.6 Å².